The van der Waals surface area contributed by atoms with Crippen LogP contribution in [-0.4, -0.2) is 59.0 Å². The lowest BCUT2D eigenvalue weighted by atomic mass is 10.1. The first-order valence-electron chi connectivity index (χ1n) is 13.4. The summed E-state index contributed by atoms with van der Waals surface area (Å²) in [6, 6.07) is 16.8. The van der Waals surface area contributed by atoms with Crippen LogP contribution in [0.1, 0.15) is 48.6 Å². The Bertz CT molecular complexity index is 1290. The van der Waals surface area contributed by atoms with Crippen LogP contribution in [0.25, 0.3) is 0 Å². The minimum atomic E-state index is -1.06. The summed E-state index contributed by atoms with van der Waals surface area (Å²) in [4.78, 5) is 17.1. The Labute approximate surface area is 251 Å². The Morgan fingerprint density at radius 1 is 1.05 bits per heavy atom. The molecule has 0 fully saturated rings. The molecule has 0 aliphatic heterocycles. The predicted octanol–water partition coefficient (Wildman–Crippen LogP) is 5.60. The maximum absolute atomic E-state index is 10.9. The molecule has 0 amide bonds. The number of aliphatic hydroxyl groups excluding tert-OH is 1. The quantitative estimate of drug-likeness (QED) is 0.111. The van der Waals surface area contributed by atoms with Crippen molar-refractivity contribution in [1.82, 2.24) is 9.88 Å². The molecular weight excluding hydrogens is 565 g/mol. The highest BCUT2D eigenvalue weighted by molar-refractivity contribution is 6.38. The van der Waals surface area contributed by atoms with Gasteiger partial charge in [-0.2, -0.15) is 0 Å². The number of hydrogen-bond donors (Lipinski definition) is 3. The molecule has 4 N–H and O–H groups in total. The first-order valence-corrected chi connectivity index (χ1v) is 14.1. The van der Waals surface area contributed by atoms with Gasteiger partial charge in [0.05, 0.1) is 21.8 Å². The first kappa shape index (κ1) is 32.2. The van der Waals surface area contributed by atoms with Crippen molar-refractivity contribution in [2.45, 2.75) is 38.3 Å². The number of pyridine rings is 1. The molecule has 0 aliphatic carbocycles. The van der Waals surface area contributed by atoms with E-state index in [1.54, 1.807) is 30.5 Å². The van der Waals surface area contributed by atoms with Crippen LogP contribution in [0.4, 0.5) is 5.69 Å². The Hall–Kier alpha value is -3.32. The fourth-order valence-corrected chi connectivity index (χ4v) is 4.60. The topological polar surface area (TPSA) is 118 Å². The SMILES string of the molecule is Nc1c(Cl)cc(C(O)CN(CCCCCCOCC#Cc2ncccc2OCC(=O)O)Cc2ccccc2)cc1Cl. The molecule has 0 spiro atoms. The number of hydrogen-bond acceptors (Lipinski definition) is 7. The second kappa shape index (κ2) is 17.5. The van der Waals surface area contributed by atoms with Gasteiger partial charge in [-0.15, -0.1) is 0 Å². The molecule has 1 heterocycles. The number of aliphatic carboxylic acids is 1. The lowest BCUT2D eigenvalue weighted by molar-refractivity contribution is -0.139. The van der Waals surface area contributed by atoms with E-state index in [1.807, 2.05) is 18.2 Å². The van der Waals surface area contributed by atoms with Gasteiger partial charge in [0, 0.05) is 25.9 Å². The standard InChI is InChI=1S/C31H35Cl2N3O5/c32-25-18-24(19-26(33)31(25)34)28(37)21-36(20-23-10-4-3-5-11-23)15-6-1-2-7-16-40-17-9-12-27-29(13-8-14-35-27)41-22-30(38)39/h3-5,8,10-11,13-14,18-19,28,37H,1-2,6-7,15-17,20-22,34H2,(H,38,39). The fourth-order valence-electron chi connectivity index (χ4n) is 4.10. The molecule has 1 atom stereocenters. The van der Waals surface area contributed by atoms with E-state index in [2.05, 4.69) is 33.9 Å². The number of carboxylic acid groups (broad SMARTS) is 1. The highest BCUT2D eigenvalue weighted by atomic mass is 35.5. The molecule has 41 heavy (non-hydrogen) atoms. The van der Waals surface area contributed by atoms with Crippen LogP contribution in [0.15, 0.2) is 60.8 Å². The predicted molar refractivity (Wildman–Crippen MR) is 161 cm³/mol. The van der Waals surface area contributed by atoms with Gasteiger partial charge in [0.1, 0.15) is 6.61 Å². The van der Waals surface area contributed by atoms with Gasteiger partial charge in [-0.25, -0.2) is 9.78 Å². The maximum Gasteiger partial charge on any atom is 0.341 e. The molecule has 3 rings (SSSR count). The van der Waals surface area contributed by atoms with E-state index in [4.69, 9.17) is 43.5 Å². The van der Waals surface area contributed by atoms with Crippen molar-refractivity contribution in [3.05, 3.63) is 87.7 Å². The molecule has 1 aromatic heterocycles. The second-order valence-electron chi connectivity index (χ2n) is 9.44. The molecule has 218 valence electrons. The zero-order valence-corrected chi connectivity index (χ0v) is 24.3. The van der Waals surface area contributed by atoms with Crippen molar-refractivity contribution in [3.63, 3.8) is 0 Å². The molecule has 0 radical (unpaired) electrons. The van der Waals surface area contributed by atoms with E-state index >= 15 is 0 Å². The van der Waals surface area contributed by atoms with Gasteiger partial charge in [0.25, 0.3) is 0 Å². The van der Waals surface area contributed by atoms with Crippen molar-refractivity contribution in [1.29, 1.82) is 0 Å². The number of unbranched alkanes of at least 4 members (excludes halogenated alkanes) is 3. The van der Waals surface area contributed by atoms with Crippen LogP contribution < -0.4 is 10.5 Å². The number of aliphatic hydroxyl groups is 1. The number of nitrogen functional groups attached to an aromatic ring is 1. The van der Waals surface area contributed by atoms with Gasteiger partial charge in [0.15, 0.2) is 18.1 Å². The maximum atomic E-state index is 10.9. The molecule has 0 aliphatic rings. The Morgan fingerprint density at radius 2 is 1.78 bits per heavy atom. The Balaban J connectivity index is 1.40. The highest BCUT2D eigenvalue weighted by Crippen LogP contribution is 2.31. The largest absolute Gasteiger partial charge is 0.479 e. The molecule has 10 heteroatoms. The number of nitrogens with zero attached hydrogens (tertiary/aromatic N) is 2. The summed E-state index contributed by atoms with van der Waals surface area (Å²) in [5, 5.41) is 20.4. The van der Waals surface area contributed by atoms with E-state index < -0.39 is 18.7 Å². The van der Waals surface area contributed by atoms with Crippen LogP contribution in [-0.2, 0) is 16.1 Å². The van der Waals surface area contributed by atoms with Gasteiger partial charge in [0.2, 0.25) is 0 Å². The number of aromatic nitrogens is 1. The summed E-state index contributed by atoms with van der Waals surface area (Å²) < 4.78 is 10.8. The van der Waals surface area contributed by atoms with Crippen molar-refractivity contribution >= 4 is 34.9 Å². The third-order valence-corrected chi connectivity index (χ3v) is 6.81. The van der Waals surface area contributed by atoms with Gasteiger partial charge in [-0.3, -0.25) is 4.90 Å². The number of rotatable bonds is 16. The molecule has 0 saturated heterocycles. The van der Waals surface area contributed by atoms with Gasteiger partial charge in [-0.1, -0.05) is 72.3 Å². The van der Waals surface area contributed by atoms with Crippen molar-refractivity contribution in [2.75, 3.05) is 38.6 Å². The lowest BCUT2D eigenvalue weighted by Gasteiger charge is -2.26. The monoisotopic (exact) mass is 599 g/mol. The third-order valence-electron chi connectivity index (χ3n) is 6.18. The number of anilines is 1. The fraction of sp³-hybridized carbons (Fsp3) is 0.355. The number of halogens is 2. The smallest absolute Gasteiger partial charge is 0.341 e. The zero-order chi connectivity index (χ0) is 29.5. The van der Waals surface area contributed by atoms with Gasteiger partial charge >= 0.3 is 5.97 Å². The number of benzene rings is 2. The Morgan fingerprint density at radius 3 is 2.51 bits per heavy atom. The number of ether oxygens (including phenoxy) is 2. The third kappa shape index (κ3) is 11.6. The van der Waals surface area contributed by atoms with Crippen molar-refractivity contribution < 1.29 is 24.5 Å². The van der Waals surface area contributed by atoms with Gasteiger partial charge in [-0.05, 0) is 60.7 Å². The van der Waals surface area contributed by atoms with Crippen molar-refractivity contribution in [2.24, 2.45) is 0 Å². The minimum Gasteiger partial charge on any atom is -0.479 e. The normalized spacial score (nSPS) is 11.6. The second-order valence-corrected chi connectivity index (χ2v) is 10.3. The average Bonchev–Trinajstić information content (AvgIpc) is 2.96. The molecule has 0 bridgehead atoms. The Kier molecular flexibility index (Phi) is 13.7. The molecule has 1 unspecified atom stereocenters. The summed E-state index contributed by atoms with van der Waals surface area (Å²) in [6.45, 7) is 2.36. The van der Waals surface area contributed by atoms with E-state index in [9.17, 15) is 9.90 Å². The summed E-state index contributed by atoms with van der Waals surface area (Å²) >= 11 is 12.4. The van der Waals surface area contributed by atoms with Crippen LogP contribution in [0.2, 0.25) is 10.0 Å². The zero-order valence-electron chi connectivity index (χ0n) is 22.8. The summed E-state index contributed by atoms with van der Waals surface area (Å²) in [6.07, 6.45) is 4.72. The minimum absolute atomic E-state index is 0.247. The number of carbonyl (C=O) groups is 1. The molecule has 3 aromatic rings. The lowest BCUT2D eigenvalue weighted by Crippen LogP contribution is -2.29. The van der Waals surface area contributed by atoms with E-state index in [0.717, 1.165) is 38.8 Å². The summed E-state index contributed by atoms with van der Waals surface area (Å²) in [7, 11) is 0. The molecular formula is C31H35Cl2N3O5. The average molecular weight is 601 g/mol. The number of carboxylic acids is 1. The van der Waals surface area contributed by atoms with E-state index in [0.29, 0.717) is 45.9 Å². The first-order chi connectivity index (χ1) is 19.8. The van der Waals surface area contributed by atoms with Crippen LogP contribution >= 0.6 is 23.2 Å². The highest BCUT2D eigenvalue weighted by Gasteiger charge is 2.17. The molecule has 0 saturated carbocycles. The van der Waals surface area contributed by atoms with Crippen molar-refractivity contribution in [3.8, 4) is 17.6 Å². The molecule has 2 aromatic carbocycles. The van der Waals surface area contributed by atoms with E-state index in [-0.39, 0.29) is 6.61 Å². The van der Waals surface area contributed by atoms with Gasteiger partial charge < -0.3 is 25.4 Å². The van der Waals surface area contributed by atoms with Crippen LogP contribution in [0.3, 0.4) is 0 Å². The number of nitrogens with two attached hydrogens (primary N) is 1. The summed E-state index contributed by atoms with van der Waals surface area (Å²) in [5.74, 6) is 5.03. The van der Waals surface area contributed by atoms with Crippen LogP contribution in [0.5, 0.6) is 5.75 Å². The summed E-state index contributed by atoms with van der Waals surface area (Å²) in [5.41, 5.74) is 8.35. The van der Waals surface area contributed by atoms with E-state index in [1.165, 1.54) is 5.56 Å². The molecule has 8 nitrogen and oxygen atoms in total. The van der Waals surface area contributed by atoms with Crippen LogP contribution in [0, 0.1) is 11.8 Å².